The Bertz CT molecular complexity index is 857. The average Bonchev–Trinajstić information content (AvgIpc) is 2.95. The van der Waals surface area contributed by atoms with Crippen molar-refractivity contribution in [2.45, 2.75) is 19.3 Å². The highest BCUT2D eigenvalue weighted by molar-refractivity contribution is 5.77. The van der Waals surface area contributed by atoms with Gasteiger partial charge < -0.3 is 9.88 Å². The lowest BCUT2D eigenvalue weighted by Crippen LogP contribution is -2.25. The van der Waals surface area contributed by atoms with E-state index in [0.29, 0.717) is 24.9 Å². The number of hydrogen-bond acceptors (Lipinski definition) is 2. The SMILES string of the molecule is Cn1cnc2cc(CCNC(=O)CCc3ccccc3F)ccc21. The zero-order valence-electron chi connectivity index (χ0n) is 13.6. The van der Waals surface area contributed by atoms with Crippen LogP contribution in [0.25, 0.3) is 11.0 Å². The van der Waals surface area contributed by atoms with Crippen molar-refractivity contribution in [2.75, 3.05) is 6.54 Å². The number of nitrogens with zero attached hydrogens (tertiary/aromatic N) is 2. The fourth-order valence-electron chi connectivity index (χ4n) is 2.72. The summed E-state index contributed by atoms with van der Waals surface area (Å²) in [7, 11) is 1.96. The highest BCUT2D eigenvalue weighted by Gasteiger charge is 2.06. The van der Waals surface area contributed by atoms with Gasteiger partial charge in [0.05, 0.1) is 17.4 Å². The van der Waals surface area contributed by atoms with E-state index in [4.69, 9.17) is 0 Å². The molecule has 24 heavy (non-hydrogen) atoms. The van der Waals surface area contributed by atoms with Crippen LogP contribution in [0.15, 0.2) is 48.8 Å². The van der Waals surface area contributed by atoms with E-state index < -0.39 is 0 Å². The number of fused-ring (bicyclic) bond motifs is 1. The Hall–Kier alpha value is -2.69. The third kappa shape index (κ3) is 3.79. The molecule has 0 aliphatic rings. The van der Waals surface area contributed by atoms with E-state index in [1.807, 2.05) is 23.7 Å². The van der Waals surface area contributed by atoms with E-state index in [2.05, 4.69) is 16.4 Å². The summed E-state index contributed by atoms with van der Waals surface area (Å²) in [5.74, 6) is -0.314. The molecular weight excluding hydrogens is 305 g/mol. The van der Waals surface area contributed by atoms with Crippen molar-refractivity contribution < 1.29 is 9.18 Å². The summed E-state index contributed by atoms with van der Waals surface area (Å²) in [5, 5.41) is 2.89. The maximum Gasteiger partial charge on any atom is 0.220 e. The number of aromatic nitrogens is 2. The van der Waals surface area contributed by atoms with Gasteiger partial charge in [0.1, 0.15) is 5.82 Å². The number of carbonyl (C=O) groups is 1. The van der Waals surface area contributed by atoms with Crippen LogP contribution in [0, 0.1) is 5.82 Å². The van der Waals surface area contributed by atoms with E-state index in [-0.39, 0.29) is 11.7 Å². The molecular formula is C19H20FN3O. The molecule has 0 unspecified atom stereocenters. The quantitative estimate of drug-likeness (QED) is 0.757. The molecule has 0 saturated heterocycles. The summed E-state index contributed by atoms with van der Waals surface area (Å²) >= 11 is 0. The summed E-state index contributed by atoms with van der Waals surface area (Å²) in [4.78, 5) is 16.2. The first kappa shape index (κ1) is 16.2. The largest absolute Gasteiger partial charge is 0.356 e. The van der Waals surface area contributed by atoms with E-state index in [9.17, 15) is 9.18 Å². The molecule has 0 fully saturated rings. The van der Waals surface area contributed by atoms with Gasteiger partial charge in [-0.15, -0.1) is 0 Å². The van der Waals surface area contributed by atoms with E-state index in [1.54, 1.807) is 24.5 Å². The first-order valence-electron chi connectivity index (χ1n) is 8.03. The molecule has 0 radical (unpaired) electrons. The van der Waals surface area contributed by atoms with Gasteiger partial charge in [0.25, 0.3) is 0 Å². The van der Waals surface area contributed by atoms with Crippen LogP contribution < -0.4 is 5.32 Å². The maximum atomic E-state index is 13.5. The van der Waals surface area contributed by atoms with Gasteiger partial charge in [0.15, 0.2) is 0 Å². The van der Waals surface area contributed by atoms with Gasteiger partial charge >= 0.3 is 0 Å². The maximum absolute atomic E-state index is 13.5. The van der Waals surface area contributed by atoms with Gasteiger partial charge in [-0.1, -0.05) is 24.3 Å². The minimum atomic E-state index is -0.256. The monoisotopic (exact) mass is 325 g/mol. The number of benzene rings is 2. The predicted octanol–water partition coefficient (Wildman–Crippen LogP) is 3.00. The van der Waals surface area contributed by atoms with E-state index in [1.165, 1.54) is 6.07 Å². The van der Waals surface area contributed by atoms with Crippen LogP contribution in [-0.4, -0.2) is 22.0 Å². The molecule has 3 rings (SSSR count). The Morgan fingerprint density at radius 3 is 2.88 bits per heavy atom. The first-order chi connectivity index (χ1) is 11.6. The van der Waals surface area contributed by atoms with Gasteiger partial charge in [-0.25, -0.2) is 9.37 Å². The molecule has 1 heterocycles. The number of amides is 1. The molecule has 1 N–H and O–H groups in total. The van der Waals surface area contributed by atoms with Crippen LogP contribution in [0.3, 0.4) is 0 Å². The molecule has 1 amide bonds. The highest BCUT2D eigenvalue weighted by atomic mass is 19.1. The van der Waals surface area contributed by atoms with Gasteiger partial charge in [0.2, 0.25) is 5.91 Å². The molecule has 1 aromatic heterocycles. The zero-order valence-corrected chi connectivity index (χ0v) is 13.6. The average molecular weight is 325 g/mol. The van der Waals surface area contributed by atoms with Crippen molar-refractivity contribution >= 4 is 16.9 Å². The lowest BCUT2D eigenvalue weighted by molar-refractivity contribution is -0.121. The first-order valence-corrected chi connectivity index (χ1v) is 8.03. The van der Waals surface area contributed by atoms with Gasteiger partial charge in [-0.2, -0.15) is 0 Å². The summed E-state index contributed by atoms with van der Waals surface area (Å²) in [6.45, 7) is 0.564. The summed E-state index contributed by atoms with van der Waals surface area (Å²) in [6, 6.07) is 12.7. The second kappa shape index (κ2) is 7.25. The number of nitrogens with one attached hydrogen (secondary N) is 1. The fraction of sp³-hybridized carbons (Fsp3) is 0.263. The lowest BCUT2D eigenvalue weighted by Gasteiger charge is -2.06. The lowest BCUT2D eigenvalue weighted by atomic mass is 10.1. The molecule has 4 nitrogen and oxygen atoms in total. The van der Waals surface area contributed by atoms with E-state index in [0.717, 1.165) is 23.0 Å². The smallest absolute Gasteiger partial charge is 0.220 e. The van der Waals surface area contributed by atoms with Crippen molar-refractivity contribution in [3.8, 4) is 0 Å². The Morgan fingerprint density at radius 1 is 1.21 bits per heavy atom. The van der Waals surface area contributed by atoms with Crippen molar-refractivity contribution in [3.05, 3.63) is 65.7 Å². The molecule has 2 aromatic carbocycles. The molecule has 5 heteroatoms. The normalized spacial score (nSPS) is 10.9. The van der Waals surface area contributed by atoms with Crippen LogP contribution in [0.1, 0.15) is 17.5 Å². The third-order valence-corrected chi connectivity index (χ3v) is 4.10. The summed E-state index contributed by atoms with van der Waals surface area (Å²) in [6.07, 6.45) is 3.25. The molecule has 0 spiro atoms. The van der Waals surface area contributed by atoms with Gasteiger partial charge in [-0.3, -0.25) is 4.79 Å². The molecule has 124 valence electrons. The second-order valence-corrected chi connectivity index (χ2v) is 5.87. The third-order valence-electron chi connectivity index (χ3n) is 4.10. The van der Waals surface area contributed by atoms with Crippen LogP contribution in [-0.2, 0) is 24.7 Å². The Labute approximate surface area is 140 Å². The van der Waals surface area contributed by atoms with Crippen molar-refractivity contribution in [1.82, 2.24) is 14.9 Å². The van der Waals surface area contributed by atoms with Crippen molar-refractivity contribution in [2.24, 2.45) is 7.05 Å². The molecule has 0 aliphatic carbocycles. The summed E-state index contributed by atoms with van der Waals surface area (Å²) < 4.78 is 15.5. The highest BCUT2D eigenvalue weighted by Crippen LogP contribution is 2.14. The zero-order chi connectivity index (χ0) is 16.9. The topological polar surface area (TPSA) is 46.9 Å². The predicted molar refractivity (Wildman–Crippen MR) is 92.1 cm³/mol. The molecule has 0 aliphatic heterocycles. The molecule has 0 bridgehead atoms. The van der Waals surface area contributed by atoms with Crippen molar-refractivity contribution in [3.63, 3.8) is 0 Å². The Morgan fingerprint density at radius 2 is 2.04 bits per heavy atom. The van der Waals surface area contributed by atoms with Crippen LogP contribution in [0.5, 0.6) is 0 Å². The number of halogens is 1. The number of hydrogen-bond donors (Lipinski definition) is 1. The number of rotatable bonds is 6. The van der Waals surface area contributed by atoms with Gasteiger partial charge in [0, 0.05) is 20.0 Å². The standard InChI is InChI=1S/C19H20FN3O/c1-23-13-22-17-12-14(6-8-18(17)23)10-11-21-19(24)9-7-15-4-2-3-5-16(15)20/h2-6,8,12-13H,7,9-11H2,1H3,(H,21,24). The Balaban J connectivity index is 1.46. The van der Waals surface area contributed by atoms with Crippen LogP contribution >= 0.6 is 0 Å². The summed E-state index contributed by atoms with van der Waals surface area (Å²) in [5.41, 5.74) is 3.76. The van der Waals surface area contributed by atoms with Crippen molar-refractivity contribution in [1.29, 1.82) is 0 Å². The number of imidazole rings is 1. The fourth-order valence-corrected chi connectivity index (χ4v) is 2.72. The number of carbonyl (C=O) groups excluding carboxylic acids is 1. The minimum absolute atomic E-state index is 0.0582. The van der Waals surface area contributed by atoms with Crippen LogP contribution in [0.2, 0.25) is 0 Å². The number of aryl methyl sites for hydroxylation is 2. The van der Waals surface area contributed by atoms with Crippen LogP contribution in [0.4, 0.5) is 4.39 Å². The Kier molecular flexibility index (Phi) is 4.89. The van der Waals surface area contributed by atoms with E-state index >= 15 is 0 Å². The molecule has 0 saturated carbocycles. The molecule has 3 aromatic rings. The second-order valence-electron chi connectivity index (χ2n) is 5.87. The minimum Gasteiger partial charge on any atom is -0.356 e. The van der Waals surface area contributed by atoms with Gasteiger partial charge in [-0.05, 0) is 42.2 Å². The molecule has 0 atom stereocenters.